The molecule has 2 aromatic carbocycles. The van der Waals surface area contributed by atoms with Crippen LogP contribution in [-0.4, -0.2) is 24.6 Å². The van der Waals surface area contributed by atoms with Gasteiger partial charge in [0.15, 0.2) is 0 Å². The number of carbonyl (C=O) groups excluding carboxylic acids is 1. The summed E-state index contributed by atoms with van der Waals surface area (Å²) in [5, 5.41) is 2.63. The molecule has 0 aliphatic heterocycles. The van der Waals surface area contributed by atoms with Gasteiger partial charge in [-0.3, -0.25) is 9.35 Å². The number of carbonyl (C=O) groups is 1. The number of hydrogen-bond donors (Lipinski definition) is 2. The van der Waals surface area contributed by atoms with E-state index in [1.165, 1.54) is 30.3 Å². The molecule has 0 fully saturated rings. The normalized spacial score (nSPS) is 12.8. The molecule has 1 amide bonds. The molecule has 0 aliphatic carbocycles. The smallest absolute Gasteiger partial charge is 0.264 e. The summed E-state index contributed by atoms with van der Waals surface area (Å²) in [4.78, 5) is 12.0. The van der Waals surface area contributed by atoms with E-state index in [2.05, 4.69) is 5.32 Å². The Hall–Kier alpha value is -2.51. The lowest BCUT2D eigenvalue weighted by molar-refractivity contribution is -0.111. The molecule has 0 spiro atoms. The van der Waals surface area contributed by atoms with Crippen LogP contribution in [0.25, 0.3) is 0 Å². The standard InChI is InChI=1S/C19H20FNO4S/c20-17-9-11-18(12-10-17)21-19(22)13-8-16(7-4-14-26(23,24)25)15-5-2-1-3-6-15/h1-3,5-6,8-13,16H,4,7,14H2,(H,21,22)(H,23,24,25). The molecule has 0 radical (unpaired) electrons. The molecule has 2 aromatic rings. The van der Waals surface area contributed by atoms with Crippen molar-refractivity contribution in [2.24, 2.45) is 0 Å². The van der Waals surface area contributed by atoms with E-state index in [1.54, 1.807) is 6.08 Å². The van der Waals surface area contributed by atoms with Crippen LogP contribution >= 0.6 is 0 Å². The van der Waals surface area contributed by atoms with Gasteiger partial charge in [-0.05, 0) is 48.7 Å². The molecule has 1 unspecified atom stereocenters. The van der Waals surface area contributed by atoms with Gasteiger partial charge in [0.25, 0.3) is 10.1 Å². The van der Waals surface area contributed by atoms with Crippen LogP contribution in [0.5, 0.6) is 0 Å². The summed E-state index contributed by atoms with van der Waals surface area (Å²) in [5.41, 5.74) is 1.41. The first-order chi connectivity index (χ1) is 12.3. The van der Waals surface area contributed by atoms with Crippen molar-refractivity contribution in [2.75, 3.05) is 11.1 Å². The number of benzene rings is 2. The molecule has 0 saturated carbocycles. The third-order valence-electron chi connectivity index (χ3n) is 3.74. The first-order valence-corrected chi connectivity index (χ1v) is 9.69. The van der Waals surface area contributed by atoms with E-state index in [0.717, 1.165) is 5.56 Å². The maximum absolute atomic E-state index is 12.9. The molecule has 0 bridgehead atoms. The van der Waals surface area contributed by atoms with Gasteiger partial charge in [-0.1, -0.05) is 36.4 Å². The molecule has 0 aliphatic rings. The fourth-order valence-corrected chi connectivity index (χ4v) is 3.01. The molecule has 2 rings (SSSR count). The van der Waals surface area contributed by atoms with Gasteiger partial charge >= 0.3 is 0 Å². The van der Waals surface area contributed by atoms with Crippen molar-refractivity contribution >= 4 is 21.7 Å². The predicted molar refractivity (Wildman–Crippen MR) is 99.0 cm³/mol. The minimum absolute atomic E-state index is 0.170. The second-order valence-electron chi connectivity index (χ2n) is 5.80. The molecule has 1 atom stereocenters. The van der Waals surface area contributed by atoms with Crippen LogP contribution in [0.4, 0.5) is 10.1 Å². The van der Waals surface area contributed by atoms with Crippen LogP contribution in [0.3, 0.4) is 0 Å². The van der Waals surface area contributed by atoms with Crippen molar-refractivity contribution in [3.8, 4) is 0 Å². The zero-order valence-electron chi connectivity index (χ0n) is 14.0. The molecule has 138 valence electrons. The van der Waals surface area contributed by atoms with Gasteiger partial charge in [-0.25, -0.2) is 4.39 Å². The second-order valence-corrected chi connectivity index (χ2v) is 7.37. The van der Waals surface area contributed by atoms with E-state index in [1.807, 2.05) is 30.3 Å². The average molecular weight is 377 g/mol. The van der Waals surface area contributed by atoms with E-state index in [0.29, 0.717) is 12.1 Å². The first kappa shape index (κ1) is 19.8. The molecular weight excluding hydrogens is 357 g/mol. The molecular formula is C19H20FNO4S. The highest BCUT2D eigenvalue weighted by atomic mass is 32.2. The monoisotopic (exact) mass is 377 g/mol. The van der Waals surface area contributed by atoms with Gasteiger partial charge in [-0.15, -0.1) is 0 Å². The zero-order valence-corrected chi connectivity index (χ0v) is 14.8. The number of amides is 1. The van der Waals surface area contributed by atoms with Crippen LogP contribution in [-0.2, 0) is 14.9 Å². The Balaban J connectivity index is 2.03. The summed E-state index contributed by atoms with van der Waals surface area (Å²) in [6.07, 6.45) is 3.79. The van der Waals surface area contributed by atoms with Crippen molar-refractivity contribution in [3.05, 3.63) is 78.1 Å². The average Bonchev–Trinajstić information content (AvgIpc) is 2.60. The maximum atomic E-state index is 12.9. The lowest BCUT2D eigenvalue weighted by atomic mass is 9.94. The fourth-order valence-electron chi connectivity index (χ4n) is 2.48. The SMILES string of the molecule is O=C(C=CC(CCCS(=O)(=O)O)c1ccccc1)Nc1ccc(F)cc1. The lowest BCUT2D eigenvalue weighted by Gasteiger charge is -2.13. The Morgan fingerprint density at radius 3 is 2.38 bits per heavy atom. The maximum Gasteiger partial charge on any atom is 0.264 e. The predicted octanol–water partition coefficient (Wildman–Crippen LogP) is 3.77. The Morgan fingerprint density at radius 2 is 1.77 bits per heavy atom. The number of allylic oxidation sites excluding steroid dienone is 1. The van der Waals surface area contributed by atoms with Crippen molar-refractivity contribution < 1.29 is 22.2 Å². The molecule has 26 heavy (non-hydrogen) atoms. The lowest BCUT2D eigenvalue weighted by Crippen LogP contribution is -2.09. The largest absolute Gasteiger partial charge is 0.323 e. The van der Waals surface area contributed by atoms with E-state index >= 15 is 0 Å². The Morgan fingerprint density at radius 1 is 1.12 bits per heavy atom. The van der Waals surface area contributed by atoms with Crippen LogP contribution < -0.4 is 5.32 Å². The zero-order chi connectivity index (χ0) is 19.0. The van der Waals surface area contributed by atoms with E-state index in [9.17, 15) is 17.6 Å². The van der Waals surface area contributed by atoms with Gasteiger partial charge in [0.2, 0.25) is 5.91 Å². The minimum Gasteiger partial charge on any atom is -0.323 e. The highest BCUT2D eigenvalue weighted by Gasteiger charge is 2.11. The highest BCUT2D eigenvalue weighted by Crippen LogP contribution is 2.23. The third-order valence-corrected chi connectivity index (χ3v) is 4.54. The quantitative estimate of drug-likeness (QED) is 0.542. The summed E-state index contributed by atoms with van der Waals surface area (Å²) < 4.78 is 43.5. The van der Waals surface area contributed by atoms with E-state index < -0.39 is 10.1 Å². The van der Waals surface area contributed by atoms with Crippen LogP contribution in [0.2, 0.25) is 0 Å². The summed E-state index contributed by atoms with van der Waals surface area (Å²) in [6, 6.07) is 14.8. The summed E-state index contributed by atoms with van der Waals surface area (Å²) in [5.74, 6) is -1.25. The summed E-state index contributed by atoms with van der Waals surface area (Å²) in [6.45, 7) is 0. The first-order valence-electron chi connectivity index (χ1n) is 8.08. The molecule has 5 nitrogen and oxygen atoms in total. The Labute approximate surface area is 152 Å². The fraction of sp³-hybridized carbons (Fsp3) is 0.211. The highest BCUT2D eigenvalue weighted by molar-refractivity contribution is 7.85. The topological polar surface area (TPSA) is 83.5 Å². The van der Waals surface area contributed by atoms with Crippen LogP contribution in [0.1, 0.15) is 24.3 Å². The van der Waals surface area contributed by atoms with Gasteiger partial charge in [0, 0.05) is 11.6 Å². The Bertz CT molecular complexity index is 849. The van der Waals surface area contributed by atoms with Crippen molar-refractivity contribution in [2.45, 2.75) is 18.8 Å². The number of halogens is 1. The molecule has 0 saturated heterocycles. The van der Waals surface area contributed by atoms with Gasteiger partial charge in [0.05, 0.1) is 5.75 Å². The van der Waals surface area contributed by atoms with E-state index in [4.69, 9.17) is 4.55 Å². The number of nitrogens with one attached hydrogen (secondary N) is 1. The van der Waals surface area contributed by atoms with Crippen LogP contribution in [0.15, 0.2) is 66.7 Å². The number of rotatable bonds is 8. The van der Waals surface area contributed by atoms with Crippen molar-refractivity contribution in [1.82, 2.24) is 0 Å². The number of hydrogen-bond acceptors (Lipinski definition) is 3. The third kappa shape index (κ3) is 7.16. The van der Waals surface area contributed by atoms with Crippen molar-refractivity contribution in [3.63, 3.8) is 0 Å². The molecule has 7 heteroatoms. The summed E-state index contributed by atoms with van der Waals surface area (Å²) >= 11 is 0. The molecule has 0 aromatic heterocycles. The van der Waals surface area contributed by atoms with Gasteiger partial charge < -0.3 is 5.32 Å². The molecule has 0 heterocycles. The van der Waals surface area contributed by atoms with Crippen molar-refractivity contribution in [1.29, 1.82) is 0 Å². The number of anilines is 1. The molecule has 2 N–H and O–H groups in total. The van der Waals surface area contributed by atoms with E-state index in [-0.39, 0.29) is 29.8 Å². The van der Waals surface area contributed by atoms with Gasteiger partial charge in [-0.2, -0.15) is 8.42 Å². The second kappa shape index (κ2) is 9.26. The minimum atomic E-state index is -4.01. The van der Waals surface area contributed by atoms with Gasteiger partial charge in [0.1, 0.15) is 5.82 Å². The Kier molecular flexibility index (Phi) is 7.06. The summed E-state index contributed by atoms with van der Waals surface area (Å²) in [7, 11) is -4.01. The van der Waals surface area contributed by atoms with Crippen LogP contribution in [0, 0.1) is 5.82 Å².